The number of nitrogens with two attached hydrogens (primary N) is 1. The third-order valence-corrected chi connectivity index (χ3v) is 4.46. The highest BCUT2D eigenvalue weighted by Crippen LogP contribution is 2.30. The average Bonchev–Trinajstić information content (AvgIpc) is 2.81. The first-order chi connectivity index (χ1) is 9.24. The van der Waals surface area contributed by atoms with Gasteiger partial charge in [-0.1, -0.05) is 17.7 Å². The summed E-state index contributed by atoms with van der Waals surface area (Å²) in [6.45, 7) is 6.41. The van der Waals surface area contributed by atoms with Gasteiger partial charge >= 0.3 is 0 Å². The number of fused-ring (bicyclic) bond motifs is 1. The molecule has 1 aromatic rings. The molecule has 19 heavy (non-hydrogen) atoms. The van der Waals surface area contributed by atoms with Crippen molar-refractivity contribution in [2.24, 2.45) is 11.7 Å². The fourth-order valence-electron chi connectivity index (χ4n) is 3.24. The number of ether oxygens (including phenoxy) is 1. The zero-order valence-corrected chi connectivity index (χ0v) is 11.8. The molecule has 0 saturated carbocycles. The number of nitrogens with zero attached hydrogens (tertiary/aromatic N) is 1. The van der Waals surface area contributed by atoms with Crippen molar-refractivity contribution in [2.45, 2.75) is 32.3 Å². The van der Waals surface area contributed by atoms with Gasteiger partial charge < -0.3 is 10.5 Å². The molecule has 2 aliphatic heterocycles. The van der Waals surface area contributed by atoms with E-state index in [-0.39, 0.29) is 0 Å². The minimum Gasteiger partial charge on any atom is -0.488 e. The van der Waals surface area contributed by atoms with Gasteiger partial charge in [-0.05, 0) is 56.9 Å². The summed E-state index contributed by atoms with van der Waals surface area (Å²) in [6, 6.07) is 6.51. The summed E-state index contributed by atoms with van der Waals surface area (Å²) in [7, 11) is 0. The Morgan fingerprint density at radius 1 is 1.32 bits per heavy atom. The maximum atomic E-state index is 6.05. The maximum Gasteiger partial charge on any atom is 0.123 e. The largest absolute Gasteiger partial charge is 0.488 e. The Hall–Kier alpha value is -1.06. The van der Waals surface area contributed by atoms with Gasteiger partial charge in [-0.25, -0.2) is 0 Å². The van der Waals surface area contributed by atoms with Crippen molar-refractivity contribution < 1.29 is 4.74 Å². The molecular weight excluding hydrogens is 236 g/mol. The first kappa shape index (κ1) is 12.9. The fraction of sp³-hybridized carbons (Fsp3) is 0.625. The van der Waals surface area contributed by atoms with Crippen molar-refractivity contribution in [1.82, 2.24) is 4.90 Å². The Balaban J connectivity index is 1.53. The maximum absolute atomic E-state index is 6.05. The predicted molar refractivity (Wildman–Crippen MR) is 77.5 cm³/mol. The third kappa shape index (κ3) is 2.93. The molecule has 0 spiro atoms. The van der Waals surface area contributed by atoms with Crippen LogP contribution >= 0.6 is 0 Å². The number of likely N-dealkylation sites (tertiary alicyclic amines) is 1. The molecule has 1 saturated heterocycles. The van der Waals surface area contributed by atoms with Gasteiger partial charge in [0.2, 0.25) is 0 Å². The van der Waals surface area contributed by atoms with E-state index in [1.165, 1.54) is 37.1 Å². The number of rotatable bonds is 3. The van der Waals surface area contributed by atoms with E-state index < -0.39 is 0 Å². The smallest absolute Gasteiger partial charge is 0.123 e. The minimum absolute atomic E-state index is 0.339. The lowest BCUT2D eigenvalue weighted by molar-refractivity contribution is 0.118. The van der Waals surface area contributed by atoms with E-state index in [2.05, 4.69) is 30.0 Å². The fourth-order valence-corrected chi connectivity index (χ4v) is 3.24. The van der Waals surface area contributed by atoms with Crippen molar-refractivity contribution in [2.75, 3.05) is 26.2 Å². The lowest BCUT2D eigenvalue weighted by Gasteiger charge is -2.32. The normalized spacial score (nSPS) is 24.2. The van der Waals surface area contributed by atoms with E-state index in [1.807, 2.05) is 0 Å². The number of hydrogen-bond acceptors (Lipinski definition) is 3. The summed E-state index contributed by atoms with van der Waals surface area (Å²) in [5.74, 6) is 1.83. The standard InChI is InChI=1S/C16H24N2O/c1-12-2-3-16-14(8-12)9-15(19-16)11-18-6-4-13(10-17)5-7-18/h2-3,8,13,15H,4-7,9-11,17H2,1H3. The van der Waals surface area contributed by atoms with Crippen LogP contribution in [0.15, 0.2) is 18.2 Å². The van der Waals surface area contributed by atoms with Gasteiger partial charge in [0.1, 0.15) is 11.9 Å². The summed E-state index contributed by atoms with van der Waals surface area (Å²) < 4.78 is 6.05. The van der Waals surface area contributed by atoms with Crippen LogP contribution in [0, 0.1) is 12.8 Å². The van der Waals surface area contributed by atoms with Crippen LogP contribution < -0.4 is 10.5 Å². The molecule has 1 atom stereocenters. The lowest BCUT2D eigenvalue weighted by atomic mass is 9.97. The zero-order chi connectivity index (χ0) is 13.2. The number of benzene rings is 1. The van der Waals surface area contributed by atoms with Crippen LogP contribution in [0.1, 0.15) is 24.0 Å². The van der Waals surface area contributed by atoms with E-state index in [1.54, 1.807) is 0 Å². The Bertz CT molecular complexity index is 438. The Kier molecular flexibility index (Phi) is 3.76. The second-order valence-corrected chi connectivity index (χ2v) is 6.03. The topological polar surface area (TPSA) is 38.5 Å². The summed E-state index contributed by atoms with van der Waals surface area (Å²) in [5, 5.41) is 0. The molecule has 0 aromatic heterocycles. The van der Waals surface area contributed by atoms with Crippen molar-refractivity contribution in [3.05, 3.63) is 29.3 Å². The molecule has 0 bridgehead atoms. The summed E-state index contributed by atoms with van der Waals surface area (Å²) in [6.07, 6.45) is 3.89. The molecule has 2 heterocycles. The molecule has 1 fully saturated rings. The number of hydrogen-bond donors (Lipinski definition) is 1. The van der Waals surface area contributed by atoms with Crippen molar-refractivity contribution in [3.8, 4) is 5.75 Å². The van der Waals surface area contributed by atoms with E-state index in [9.17, 15) is 0 Å². The Morgan fingerprint density at radius 3 is 2.84 bits per heavy atom. The van der Waals surface area contributed by atoms with Gasteiger partial charge in [0.25, 0.3) is 0 Å². The van der Waals surface area contributed by atoms with Gasteiger partial charge in [0, 0.05) is 13.0 Å². The second-order valence-electron chi connectivity index (χ2n) is 6.03. The molecule has 2 N–H and O–H groups in total. The van der Waals surface area contributed by atoms with Crippen LogP contribution in [-0.2, 0) is 6.42 Å². The van der Waals surface area contributed by atoms with Crippen molar-refractivity contribution in [3.63, 3.8) is 0 Å². The highest BCUT2D eigenvalue weighted by Gasteiger charge is 2.26. The quantitative estimate of drug-likeness (QED) is 0.903. The zero-order valence-electron chi connectivity index (χ0n) is 11.8. The Labute approximate surface area is 115 Å². The van der Waals surface area contributed by atoms with Gasteiger partial charge in [0.05, 0.1) is 0 Å². The minimum atomic E-state index is 0.339. The van der Waals surface area contributed by atoms with Crippen molar-refractivity contribution in [1.29, 1.82) is 0 Å². The molecule has 1 aromatic carbocycles. The molecule has 2 aliphatic rings. The molecular formula is C16H24N2O. The van der Waals surface area contributed by atoms with Crippen molar-refractivity contribution >= 4 is 0 Å². The highest BCUT2D eigenvalue weighted by atomic mass is 16.5. The molecule has 0 radical (unpaired) electrons. The molecule has 0 amide bonds. The molecule has 104 valence electrons. The van der Waals surface area contributed by atoms with E-state index in [0.717, 1.165) is 31.2 Å². The van der Waals surface area contributed by atoms with Crippen LogP contribution in [0.5, 0.6) is 5.75 Å². The first-order valence-corrected chi connectivity index (χ1v) is 7.43. The van der Waals surface area contributed by atoms with Crippen LogP contribution in [0.4, 0.5) is 0 Å². The molecule has 3 nitrogen and oxygen atoms in total. The third-order valence-electron chi connectivity index (χ3n) is 4.46. The predicted octanol–water partition coefficient (Wildman–Crippen LogP) is 1.97. The van der Waals surface area contributed by atoms with E-state index in [4.69, 9.17) is 10.5 Å². The van der Waals surface area contributed by atoms with Crippen LogP contribution in [-0.4, -0.2) is 37.2 Å². The van der Waals surface area contributed by atoms with E-state index >= 15 is 0 Å². The van der Waals surface area contributed by atoms with E-state index in [0.29, 0.717) is 6.10 Å². The number of aryl methyl sites for hydroxylation is 1. The van der Waals surface area contributed by atoms with Crippen LogP contribution in [0.2, 0.25) is 0 Å². The summed E-state index contributed by atoms with van der Waals surface area (Å²) >= 11 is 0. The highest BCUT2D eigenvalue weighted by molar-refractivity contribution is 5.40. The van der Waals surface area contributed by atoms with Crippen LogP contribution in [0.3, 0.4) is 0 Å². The van der Waals surface area contributed by atoms with Gasteiger partial charge in [-0.2, -0.15) is 0 Å². The first-order valence-electron chi connectivity index (χ1n) is 7.43. The number of piperidine rings is 1. The molecule has 3 rings (SSSR count). The van der Waals surface area contributed by atoms with Gasteiger partial charge in [-0.15, -0.1) is 0 Å². The molecule has 1 unspecified atom stereocenters. The SMILES string of the molecule is Cc1ccc2c(c1)CC(CN1CCC(CN)CC1)O2. The lowest BCUT2D eigenvalue weighted by Crippen LogP contribution is -2.41. The monoisotopic (exact) mass is 260 g/mol. The second kappa shape index (κ2) is 5.51. The molecule has 3 heteroatoms. The van der Waals surface area contributed by atoms with Gasteiger partial charge in [-0.3, -0.25) is 4.90 Å². The van der Waals surface area contributed by atoms with Crippen LogP contribution in [0.25, 0.3) is 0 Å². The van der Waals surface area contributed by atoms with Gasteiger partial charge in [0.15, 0.2) is 0 Å². The summed E-state index contributed by atoms with van der Waals surface area (Å²) in [5.41, 5.74) is 8.44. The molecule has 0 aliphatic carbocycles. The average molecular weight is 260 g/mol. The summed E-state index contributed by atoms with van der Waals surface area (Å²) in [4.78, 5) is 2.54. The Morgan fingerprint density at radius 2 is 2.11 bits per heavy atom.